The van der Waals surface area contributed by atoms with Crippen molar-refractivity contribution in [3.63, 3.8) is 0 Å². The molecule has 0 spiro atoms. The maximum atomic E-state index is 12.7. The molecule has 1 amide bonds. The summed E-state index contributed by atoms with van der Waals surface area (Å²) in [4.78, 5) is 25.8. The molecule has 1 N–H and O–H groups in total. The topological polar surface area (TPSA) is 98.8 Å². The number of nitriles is 1. The largest absolute Gasteiger partial charge is 0.449 e. The first-order valence-electron chi connectivity index (χ1n) is 8.14. The summed E-state index contributed by atoms with van der Waals surface area (Å²) in [6.07, 6.45) is 3.53. The number of aromatic amines is 1. The van der Waals surface area contributed by atoms with Gasteiger partial charge in [0.25, 0.3) is 5.91 Å². The summed E-state index contributed by atoms with van der Waals surface area (Å²) in [6.45, 7) is 5.03. The lowest BCUT2D eigenvalue weighted by Gasteiger charge is -2.22. The van der Waals surface area contributed by atoms with Crippen LogP contribution in [0.15, 0.2) is 35.1 Å². The van der Waals surface area contributed by atoms with Gasteiger partial charge in [0.1, 0.15) is 17.7 Å². The van der Waals surface area contributed by atoms with E-state index in [1.54, 1.807) is 23.2 Å². The summed E-state index contributed by atoms with van der Waals surface area (Å²) >= 11 is 0. The first kappa shape index (κ1) is 16.7. The van der Waals surface area contributed by atoms with Gasteiger partial charge in [-0.2, -0.15) is 5.26 Å². The predicted molar refractivity (Wildman–Crippen MR) is 92.6 cm³/mol. The minimum absolute atomic E-state index is 0.213. The predicted octanol–water partition coefficient (Wildman–Crippen LogP) is 3.23. The van der Waals surface area contributed by atoms with Crippen molar-refractivity contribution >= 4 is 16.9 Å². The van der Waals surface area contributed by atoms with Crippen molar-refractivity contribution in [2.24, 2.45) is 5.92 Å². The molecule has 0 fully saturated rings. The highest BCUT2D eigenvalue weighted by atomic mass is 16.4. The first-order chi connectivity index (χ1) is 12.1. The Morgan fingerprint density at radius 1 is 1.36 bits per heavy atom. The zero-order chi connectivity index (χ0) is 17.8. The number of H-pyrrole nitrogens is 1. The molecule has 0 unspecified atom stereocenters. The van der Waals surface area contributed by atoms with Crippen molar-refractivity contribution in [2.45, 2.75) is 20.3 Å². The molecule has 0 aliphatic carbocycles. The van der Waals surface area contributed by atoms with E-state index in [2.05, 4.69) is 21.0 Å². The fourth-order valence-electron chi connectivity index (χ4n) is 2.71. The van der Waals surface area contributed by atoms with Gasteiger partial charge in [0.15, 0.2) is 11.5 Å². The molecule has 0 saturated heterocycles. The van der Waals surface area contributed by atoms with Crippen molar-refractivity contribution in [3.05, 3.63) is 36.5 Å². The van der Waals surface area contributed by atoms with Gasteiger partial charge in [-0.25, -0.2) is 9.97 Å². The number of nitrogens with one attached hydrogen (secondary N) is 1. The number of furan rings is 1. The van der Waals surface area contributed by atoms with Crippen molar-refractivity contribution in [1.82, 2.24) is 19.9 Å². The lowest BCUT2D eigenvalue weighted by Crippen LogP contribution is -2.34. The fraction of sp³-hybridized carbons (Fsp3) is 0.333. The Kier molecular flexibility index (Phi) is 4.80. The minimum Gasteiger partial charge on any atom is -0.449 e. The second-order valence-electron chi connectivity index (χ2n) is 6.18. The van der Waals surface area contributed by atoms with E-state index in [-0.39, 0.29) is 11.7 Å². The number of nitrogens with zero attached hydrogens (tertiary/aromatic N) is 4. The third kappa shape index (κ3) is 3.53. The number of fused-ring (bicyclic) bond motifs is 1. The number of carbonyl (C=O) groups excluding carboxylic acids is 1. The molecular weight excluding hydrogens is 318 g/mol. The molecule has 0 aliphatic heterocycles. The molecular formula is C18H19N5O2. The minimum atomic E-state index is -0.213. The van der Waals surface area contributed by atoms with Gasteiger partial charge in [0.2, 0.25) is 0 Å². The Bertz CT molecular complexity index is 919. The molecule has 3 heterocycles. The molecule has 0 atom stereocenters. The number of amides is 1. The van der Waals surface area contributed by atoms with E-state index in [9.17, 15) is 4.79 Å². The van der Waals surface area contributed by atoms with E-state index in [1.807, 2.05) is 19.9 Å². The van der Waals surface area contributed by atoms with Gasteiger partial charge in [-0.15, -0.1) is 0 Å². The Hall–Kier alpha value is -3.14. The average molecular weight is 337 g/mol. The zero-order valence-corrected chi connectivity index (χ0v) is 14.2. The Morgan fingerprint density at radius 3 is 2.96 bits per heavy atom. The Balaban J connectivity index is 1.88. The van der Waals surface area contributed by atoms with E-state index < -0.39 is 0 Å². The molecule has 0 bridgehead atoms. The maximum Gasteiger partial charge on any atom is 0.289 e. The summed E-state index contributed by atoms with van der Waals surface area (Å²) in [6, 6.07) is 7.34. The van der Waals surface area contributed by atoms with Crippen LogP contribution in [0.5, 0.6) is 0 Å². The van der Waals surface area contributed by atoms with Gasteiger partial charge >= 0.3 is 0 Å². The lowest BCUT2D eigenvalue weighted by molar-refractivity contribution is 0.0709. The summed E-state index contributed by atoms with van der Waals surface area (Å²) in [7, 11) is 0. The molecule has 0 aromatic carbocycles. The normalized spacial score (nSPS) is 11.0. The molecule has 0 saturated carbocycles. The van der Waals surface area contributed by atoms with E-state index >= 15 is 0 Å². The van der Waals surface area contributed by atoms with Gasteiger partial charge in [-0.05, 0) is 24.1 Å². The number of carbonyl (C=O) groups is 1. The SMILES string of the molecule is CC(C)CN(CCC#N)C(=O)c1ccc(-c2ncnc3[nH]ccc23)o1. The van der Waals surface area contributed by atoms with Crippen LogP contribution >= 0.6 is 0 Å². The van der Waals surface area contributed by atoms with Crippen molar-refractivity contribution in [1.29, 1.82) is 5.26 Å². The average Bonchev–Trinajstić information content (AvgIpc) is 3.26. The zero-order valence-electron chi connectivity index (χ0n) is 14.2. The van der Waals surface area contributed by atoms with Gasteiger partial charge in [-0.3, -0.25) is 4.79 Å². The van der Waals surface area contributed by atoms with Crippen LogP contribution in [0.4, 0.5) is 0 Å². The highest BCUT2D eigenvalue weighted by Crippen LogP contribution is 2.27. The maximum absolute atomic E-state index is 12.7. The van der Waals surface area contributed by atoms with E-state index in [1.165, 1.54) is 6.33 Å². The van der Waals surface area contributed by atoms with Crippen LogP contribution in [0.1, 0.15) is 30.8 Å². The smallest absolute Gasteiger partial charge is 0.289 e. The molecule has 0 radical (unpaired) electrons. The van der Waals surface area contributed by atoms with Gasteiger partial charge in [0, 0.05) is 24.7 Å². The summed E-state index contributed by atoms with van der Waals surface area (Å²) in [5.41, 5.74) is 1.35. The second-order valence-corrected chi connectivity index (χ2v) is 6.18. The molecule has 128 valence electrons. The third-order valence-corrected chi connectivity index (χ3v) is 3.77. The first-order valence-corrected chi connectivity index (χ1v) is 8.14. The number of aromatic nitrogens is 3. The number of rotatable bonds is 6. The van der Waals surface area contributed by atoms with Crippen LogP contribution < -0.4 is 0 Å². The standard InChI is InChI=1S/C18H19N5O2/c1-12(2)10-23(9-3-7-19)18(24)15-5-4-14(25-15)16-13-6-8-20-17(13)22-11-21-16/h4-6,8,11-12H,3,9-10H2,1-2H3,(H,20,21,22). The Morgan fingerprint density at radius 2 is 2.20 bits per heavy atom. The van der Waals surface area contributed by atoms with Gasteiger partial charge < -0.3 is 14.3 Å². The molecule has 0 aliphatic rings. The number of hydrogen-bond donors (Lipinski definition) is 1. The van der Waals surface area contributed by atoms with Crippen LogP contribution in [0.3, 0.4) is 0 Å². The van der Waals surface area contributed by atoms with E-state index in [0.717, 1.165) is 5.39 Å². The quantitative estimate of drug-likeness (QED) is 0.744. The molecule has 3 aromatic heterocycles. The van der Waals surface area contributed by atoms with Crippen LogP contribution in [0.2, 0.25) is 0 Å². The molecule has 7 nitrogen and oxygen atoms in total. The summed E-state index contributed by atoms with van der Waals surface area (Å²) < 4.78 is 5.77. The molecule has 7 heteroatoms. The van der Waals surface area contributed by atoms with Crippen LogP contribution in [0.25, 0.3) is 22.5 Å². The highest BCUT2D eigenvalue weighted by molar-refractivity contribution is 5.93. The Labute approximate surface area is 145 Å². The van der Waals surface area contributed by atoms with Crippen LogP contribution in [-0.4, -0.2) is 38.8 Å². The second kappa shape index (κ2) is 7.18. The van der Waals surface area contributed by atoms with Crippen molar-refractivity contribution in [2.75, 3.05) is 13.1 Å². The molecule has 25 heavy (non-hydrogen) atoms. The van der Waals surface area contributed by atoms with E-state index in [0.29, 0.717) is 42.5 Å². The number of hydrogen-bond acceptors (Lipinski definition) is 5. The lowest BCUT2D eigenvalue weighted by atomic mass is 10.2. The molecule has 3 aromatic rings. The van der Waals surface area contributed by atoms with Gasteiger partial charge in [0.05, 0.1) is 12.5 Å². The van der Waals surface area contributed by atoms with Crippen LogP contribution in [-0.2, 0) is 0 Å². The summed E-state index contributed by atoms with van der Waals surface area (Å²) in [5, 5.41) is 9.64. The van der Waals surface area contributed by atoms with E-state index in [4.69, 9.17) is 9.68 Å². The van der Waals surface area contributed by atoms with Crippen LogP contribution in [0, 0.1) is 17.2 Å². The van der Waals surface area contributed by atoms with Crippen molar-refractivity contribution < 1.29 is 9.21 Å². The fourth-order valence-corrected chi connectivity index (χ4v) is 2.71. The van der Waals surface area contributed by atoms with Crippen molar-refractivity contribution in [3.8, 4) is 17.5 Å². The summed E-state index contributed by atoms with van der Waals surface area (Å²) in [5.74, 6) is 0.851. The molecule has 3 rings (SSSR count). The third-order valence-electron chi connectivity index (χ3n) is 3.77. The highest BCUT2D eigenvalue weighted by Gasteiger charge is 2.21. The monoisotopic (exact) mass is 337 g/mol. The van der Waals surface area contributed by atoms with Gasteiger partial charge in [-0.1, -0.05) is 13.8 Å².